The lowest BCUT2D eigenvalue weighted by atomic mass is 10.2. The molecule has 0 atom stereocenters. The van der Waals surface area contributed by atoms with Crippen LogP contribution in [-0.4, -0.2) is 28.0 Å². The first-order valence-corrected chi connectivity index (χ1v) is 5.92. The van der Waals surface area contributed by atoms with E-state index in [9.17, 15) is 14.9 Å². The van der Waals surface area contributed by atoms with Crippen molar-refractivity contribution in [3.05, 3.63) is 39.9 Å². The molecular weight excluding hydrogens is 256 g/mol. The van der Waals surface area contributed by atoms with Crippen molar-refractivity contribution in [2.75, 3.05) is 5.75 Å². The summed E-state index contributed by atoms with van der Waals surface area (Å²) in [6.07, 6.45) is 1.29. The second-order valence-electron chi connectivity index (χ2n) is 3.30. The number of rotatable bonds is 3. The fraction of sp³-hybridized carbons (Fsp3) is 0.100. The van der Waals surface area contributed by atoms with Gasteiger partial charge in [-0.3, -0.25) is 14.9 Å². The maximum Gasteiger partial charge on any atom is 0.278 e. The summed E-state index contributed by atoms with van der Waals surface area (Å²) in [5.74, 6) is 0.194. The third-order valence-corrected chi connectivity index (χ3v) is 2.93. The van der Waals surface area contributed by atoms with E-state index >= 15 is 0 Å². The van der Waals surface area contributed by atoms with Gasteiger partial charge in [-0.2, -0.15) is 5.10 Å². The average Bonchev–Trinajstić information content (AvgIpc) is 2.75. The van der Waals surface area contributed by atoms with E-state index in [-0.39, 0.29) is 11.6 Å². The van der Waals surface area contributed by atoms with Crippen LogP contribution in [0.5, 0.6) is 0 Å². The number of nitro benzene ring substituents is 1. The predicted molar refractivity (Wildman–Crippen MR) is 68.7 cm³/mol. The van der Waals surface area contributed by atoms with Gasteiger partial charge in [0.1, 0.15) is 0 Å². The monoisotopic (exact) mass is 264 g/mol. The first kappa shape index (κ1) is 12.2. The van der Waals surface area contributed by atoms with Gasteiger partial charge in [0.25, 0.3) is 5.69 Å². The number of para-hydroxylation sites is 1. The molecule has 0 spiro atoms. The van der Waals surface area contributed by atoms with E-state index in [4.69, 9.17) is 0 Å². The molecule has 1 amide bonds. The van der Waals surface area contributed by atoms with Crippen LogP contribution in [0, 0.1) is 10.1 Å². The van der Waals surface area contributed by atoms with Crippen LogP contribution in [-0.2, 0) is 4.79 Å². The van der Waals surface area contributed by atoms with E-state index in [0.29, 0.717) is 16.5 Å². The molecule has 18 heavy (non-hydrogen) atoms. The number of benzene rings is 1. The second-order valence-corrected chi connectivity index (χ2v) is 4.27. The number of carbonyl (C=O) groups is 1. The van der Waals surface area contributed by atoms with Crippen molar-refractivity contribution in [2.45, 2.75) is 0 Å². The van der Waals surface area contributed by atoms with Gasteiger partial charge in [-0.05, 0) is 6.07 Å². The topological polar surface area (TPSA) is 97.0 Å². The van der Waals surface area contributed by atoms with Gasteiger partial charge in [0.15, 0.2) is 5.17 Å². The van der Waals surface area contributed by atoms with Crippen molar-refractivity contribution in [3.8, 4) is 0 Å². The molecule has 1 aliphatic rings. The molecule has 1 N–H and O–H groups in total. The molecule has 1 heterocycles. The van der Waals surface area contributed by atoms with Crippen LogP contribution in [0.3, 0.4) is 0 Å². The molecule has 0 unspecified atom stereocenters. The minimum atomic E-state index is -0.486. The molecule has 1 aromatic rings. The zero-order chi connectivity index (χ0) is 13.0. The molecule has 0 aliphatic carbocycles. The Bertz CT molecular complexity index is 556. The molecule has 0 bridgehead atoms. The lowest BCUT2D eigenvalue weighted by molar-refractivity contribution is -0.385. The Morgan fingerprint density at radius 2 is 2.22 bits per heavy atom. The van der Waals surface area contributed by atoms with E-state index in [2.05, 4.69) is 15.5 Å². The number of carbonyl (C=O) groups excluding carboxylic acids is 1. The minimum absolute atomic E-state index is 0.0374. The molecule has 0 saturated carbocycles. The predicted octanol–water partition coefficient (Wildman–Crippen LogP) is 1.15. The Morgan fingerprint density at radius 1 is 1.44 bits per heavy atom. The van der Waals surface area contributed by atoms with E-state index in [1.807, 2.05) is 0 Å². The molecule has 1 aliphatic heterocycles. The van der Waals surface area contributed by atoms with Crippen LogP contribution in [0.15, 0.2) is 34.5 Å². The number of amidine groups is 1. The number of hydrogen-bond donors (Lipinski definition) is 1. The molecule has 2 rings (SSSR count). The third kappa shape index (κ3) is 2.92. The fourth-order valence-corrected chi connectivity index (χ4v) is 1.92. The van der Waals surface area contributed by atoms with Gasteiger partial charge >= 0.3 is 0 Å². The van der Waals surface area contributed by atoms with Crippen molar-refractivity contribution >= 4 is 34.7 Å². The Kier molecular flexibility index (Phi) is 3.68. The van der Waals surface area contributed by atoms with Crippen molar-refractivity contribution in [1.29, 1.82) is 0 Å². The van der Waals surface area contributed by atoms with Crippen LogP contribution < -0.4 is 5.32 Å². The molecule has 8 heteroatoms. The van der Waals surface area contributed by atoms with Gasteiger partial charge in [0, 0.05) is 6.07 Å². The van der Waals surface area contributed by atoms with Gasteiger partial charge in [-0.25, -0.2) is 0 Å². The van der Waals surface area contributed by atoms with Gasteiger partial charge in [-0.15, -0.1) is 5.10 Å². The Labute approximate surface area is 106 Å². The number of hydrogen-bond acceptors (Lipinski definition) is 6. The van der Waals surface area contributed by atoms with E-state index < -0.39 is 4.92 Å². The number of nitrogens with one attached hydrogen (secondary N) is 1. The molecule has 1 fully saturated rings. The van der Waals surface area contributed by atoms with Gasteiger partial charge in [-0.1, -0.05) is 23.9 Å². The summed E-state index contributed by atoms with van der Waals surface area (Å²) in [6.45, 7) is 0. The molecule has 0 radical (unpaired) electrons. The standard InChI is InChI=1S/C10H8N4O3S/c15-9-6-18-10(12-9)13-11-5-7-3-1-2-4-8(7)14(16)17/h1-5H,6H2,(H,12,13,15). The summed E-state index contributed by atoms with van der Waals surface area (Å²) in [7, 11) is 0. The molecule has 92 valence electrons. The second kappa shape index (κ2) is 5.41. The number of nitrogens with zero attached hydrogens (tertiary/aromatic N) is 3. The van der Waals surface area contributed by atoms with Crippen LogP contribution in [0.25, 0.3) is 0 Å². The summed E-state index contributed by atoms with van der Waals surface area (Å²) < 4.78 is 0. The zero-order valence-electron chi connectivity index (χ0n) is 9.07. The summed E-state index contributed by atoms with van der Waals surface area (Å²) in [5.41, 5.74) is 0.325. The molecule has 1 aromatic carbocycles. The van der Waals surface area contributed by atoms with Crippen LogP contribution in [0.1, 0.15) is 5.56 Å². The SMILES string of the molecule is O=C1CS/C(=N\N=Cc2ccccc2[N+](=O)[O-])N1. The van der Waals surface area contributed by atoms with Gasteiger partial charge < -0.3 is 5.32 Å². The van der Waals surface area contributed by atoms with Gasteiger partial charge in [0.2, 0.25) is 5.91 Å². The minimum Gasteiger partial charge on any atom is -0.303 e. The highest BCUT2D eigenvalue weighted by Crippen LogP contribution is 2.15. The highest BCUT2D eigenvalue weighted by molar-refractivity contribution is 8.15. The molecular formula is C10H8N4O3S. The molecule has 7 nitrogen and oxygen atoms in total. The van der Waals surface area contributed by atoms with E-state index in [0.717, 1.165) is 0 Å². The summed E-state index contributed by atoms with van der Waals surface area (Å²) in [6, 6.07) is 6.21. The third-order valence-electron chi connectivity index (χ3n) is 2.07. The largest absolute Gasteiger partial charge is 0.303 e. The number of amides is 1. The maximum absolute atomic E-state index is 10.9. The molecule has 1 saturated heterocycles. The highest BCUT2D eigenvalue weighted by Gasteiger charge is 2.16. The van der Waals surface area contributed by atoms with Gasteiger partial charge in [0.05, 0.1) is 22.5 Å². The smallest absolute Gasteiger partial charge is 0.278 e. The summed E-state index contributed by atoms with van der Waals surface area (Å²) in [4.78, 5) is 21.1. The lowest BCUT2D eigenvalue weighted by Crippen LogP contribution is -2.19. The van der Waals surface area contributed by atoms with Crippen molar-refractivity contribution in [3.63, 3.8) is 0 Å². The first-order valence-electron chi connectivity index (χ1n) is 4.94. The lowest BCUT2D eigenvalue weighted by Gasteiger charge is -1.94. The normalized spacial score (nSPS) is 17.3. The van der Waals surface area contributed by atoms with Crippen molar-refractivity contribution in [1.82, 2.24) is 5.32 Å². The van der Waals surface area contributed by atoms with E-state index in [1.54, 1.807) is 18.2 Å². The number of thioether (sulfide) groups is 1. The van der Waals surface area contributed by atoms with E-state index in [1.165, 1.54) is 24.0 Å². The number of nitro groups is 1. The Balaban J connectivity index is 2.14. The summed E-state index contributed by atoms with van der Waals surface area (Å²) >= 11 is 1.24. The quantitative estimate of drug-likeness (QED) is 0.503. The van der Waals surface area contributed by atoms with Crippen LogP contribution in [0.4, 0.5) is 5.69 Å². The fourth-order valence-electron chi connectivity index (χ4n) is 1.29. The van der Waals surface area contributed by atoms with Crippen LogP contribution >= 0.6 is 11.8 Å². The van der Waals surface area contributed by atoms with Crippen molar-refractivity contribution in [2.24, 2.45) is 10.2 Å². The molecule has 0 aromatic heterocycles. The van der Waals surface area contributed by atoms with Crippen LogP contribution in [0.2, 0.25) is 0 Å². The summed E-state index contributed by atoms with van der Waals surface area (Å²) in [5, 5.41) is 21.1. The zero-order valence-corrected chi connectivity index (χ0v) is 9.88. The van der Waals surface area contributed by atoms with Crippen molar-refractivity contribution < 1.29 is 9.72 Å². The Hall–Kier alpha value is -2.22. The first-order chi connectivity index (χ1) is 8.66. The average molecular weight is 264 g/mol. The maximum atomic E-state index is 10.9. The highest BCUT2D eigenvalue weighted by atomic mass is 32.2. The Morgan fingerprint density at radius 3 is 2.89 bits per heavy atom.